The second-order valence-electron chi connectivity index (χ2n) is 6.98. The summed E-state index contributed by atoms with van der Waals surface area (Å²) in [5.41, 5.74) is 6.41. The molecule has 4 rings (SSSR count). The Labute approximate surface area is 195 Å². The van der Waals surface area contributed by atoms with Crippen LogP contribution in [0.25, 0.3) is 17.1 Å². The Morgan fingerprint density at radius 2 is 1.75 bits per heavy atom. The van der Waals surface area contributed by atoms with Crippen LogP contribution in [-0.4, -0.2) is 32.6 Å². The molecule has 1 heterocycles. The number of hydrazone groups is 1. The van der Waals surface area contributed by atoms with Crippen LogP contribution < -0.4 is 5.43 Å². The lowest BCUT2D eigenvalue weighted by molar-refractivity contribution is -0.118. The predicted octanol–water partition coefficient (Wildman–Crippen LogP) is 5.14. The summed E-state index contributed by atoms with van der Waals surface area (Å²) >= 11 is 7.34. The average molecular weight is 462 g/mol. The van der Waals surface area contributed by atoms with Crippen LogP contribution in [0.4, 0.5) is 0 Å². The molecule has 0 bridgehead atoms. The van der Waals surface area contributed by atoms with Crippen LogP contribution in [0.3, 0.4) is 0 Å². The lowest BCUT2D eigenvalue weighted by Crippen LogP contribution is -2.20. The fourth-order valence-electron chi connectivity index (χ4n) is 2.96. The molecule has 1 N–H and O–H groups in total. The third-order valence-corrected chi connectivity index (χ3v) is 5.74. The Balaban J connectivity index is 1.53. The second-order valence-corrected chi connectivity index (χ2v) is 8.36. The maximum absolute atomic E-state index is 12.3. The van der Waals surface area contributed by atoms with Crippen molar-refractivity contribution in [3.63, 3.8) is 0 Å². The first-order valence-electron chi connectivity index (χ1n) is 9.88. The van der Waals surface area contributed by atoms with E-state index in [4.69, 9.17) is 11.6 Å². The van der Waals surface area contributed by atoms with Gasteiger partial charge in [-0.15, -0.1) is 10.2 Å². The number of aryl methyl sites for hydroxylation is 1. The lowest BCUT2D eigenvalue weighted by Gasteiger charge is -2.10. The normalized spacial score (nSPS) is 11.1. The van der Waals surface area contributed by atoms with E-state index in [0.29, 0.717) is 16.0 Å². The van der Waals surface area contributed by atoms with Crippen LogP contribution in [0.2, 0.25) is 5.02 Å². The molecule has 0 aliphatic heterocycles. The summed E-state index contributed by atoms with van der Waals surface area (Å²) in [5, 5.41) is 14.0. The molecule has 3 aromatic carbocycles. The summed E-state index contributed by atoms with van der Waals surface area (Å²) < 4.78 is 1.94. The number of benzene rings is 3. The highest BCUT2D eigenvalue weighted by Crippen LogP contribution is 2.28. The minimum Gasteiger partial charge on any atom is -0.272 e. The minimum absolute atomic E-state index is 0.150. The van der Waals surface area contributed by atoms with E-state index in [1.54, 1.807) is 6.21 Å². The van der Waals surface area contributed by atoms with Crippen LogP contribution in [-0.2, 0) is 4.79 Å². The zero-order chi connectivity index (χ0) is 22.3. The van der Waals surface area contributed by atoms with Gasteiger partial charge in [0.25, 0.3) is 5.91 Å². The number of nitrogens with one attached hydrogen (secondary N) is 1. The standard InChI is InChI=1S/C24H20ClN5OS/c1-17-7-13-21(14-8-17)30-23(19-9-11-20(25)12-10-19)28-29-24(30)32-16-22(31)27-26-15-18-5-3-2-4-6-18/h2-15H,16H2,1H3,(H,27,31)/b26-15+. The molecule has 4 aromatic rings. The van der Waals surface area contributed by atoms with E-state index >= 15 is 0 Å². The number of hydrogen-bond acceptors (Lipinski definition) is 5. The highest BCUT2D eigenvalue weighted by Gasteiger charge is 2.17. The largest absolute Gasteiger partial charge is 0.272 e. The highest BCUT2D eigenvalue weighted by molar-refractivity contribution is 7.99. The number of hydrogen-bond donors (Lipinski definition) is 1. The van der Waals surface area contributed by atoms with Gasteiger partial charge in [0, 0.05) is 16.3 Å². The molecular formula is C24H20ClN5OS. The molecule has 32 heavy (non-hydrogen) atoms. The molecule has 1 aromatic heterocycles. The monoisotopic (exact) mass is 461 g/mol. The first-order valence-corrected chi connectivity index (χ1v) is 11.2. The molecule has 0 atom stereocenters. The van der Waals surface area contributed by atoms with Crippen LogP contribution >= 0.6 is 23.4 Å². The maximum Gasteiger partial charge on any atom is 0.250 e. The van der Waals surface area contributed by atoms with Crippen LogP contribution in [0.5, 0.6) is 0 Å². The number of amides is 1. The summed E-state index contributed by atoms with van der Waals surface area (Å²) in [6, 6.07) is 25.1. The van der Waals surface area contributed by atoms with E-state index in [1.807, 2.05) is 90.4 Å². The van der Waals surface area contributed by atoms with Gasteiger partial charge in [-0.2, -0.15) is 5.10 Å². The third kappa shape index (κ3) is 5.43. The maximum atomic E-state index is 12.3. The Kier molecular flexibility index (Phi) is 6.99. The molecule has 1 amide bonds. The van der Waals surface area contributed by atoms with Gasteiger partial charge in [0.2, 0.25) is 0 Å². The topological polar surface area (TPSA) is 72.2 Å². The van der Waals surface area contributed by atoms with Crippen molar-refractivity contribution in [2.75, 3.05) is 5.75 Å². The Morgan fingerprint density at radius 1 is 1.03 bits per heavy atom. The Bertz CT molecular complexity index is 1220. The summed E-state index contributed by atoms with van der Waals surface area (Å²) in [4.78, 5) is 12.3. The summed E-state index contributed by atoms with van der Waals surface area (Å²) in [5.74, 6) is 0.598. The molecule has 0 aliphatic rings. The predicted molar refractivity (Wildman–Crippen MR) is 129 cm³/mol. The first kappa shape index (κ1) is 21.8. The van der Waals surface area contributed by atoms with Crippen molar-refractivity contribution in [3.05, 3.63) is 95.0 Å². The summed E-state index contributed by atoms with van der Waals surface area (Å²) in [6.07, 6.45) is 1.61. The minimum atomic E-state index is -0.228. The fourth-order valence-corrected chi connectivity index (χ4v) is 3.83. The van der Waals surface area contributed by atoms with Crippen molar-refractivity contribution in [1.82, 2.24) is 20.2 Å². The van der Waals surface area contributed by atoms with Crippen LogP contribution in [0.15, 0.2) is 89.1 Å². The molecule has 0 saturated carbocycles. The Hall–Kier alpha value is -3.42. The van der Waals surface area contributed by atoms with E-state index in [0.717, 1.165) is 22.4 Å². The van der Waals surface area contributed by atoms with E-state index in [9.17, 15) is 4.79 Å². The van der Waals surface area contributed by atoms with Crippen LogP contribution in [0, 0.1) is 6.92 Å². The molecule has 0 spiro atoms. The fraction of sp³-hybridized carbons (Fsp3) is 0.0833. The molecule has 0 unspecified atom stereocenters. The number of halogens is 1. The van der Waals surface area contributed by atoms with Crippen molar-refractivity contribution >= 4 is 35.5 Å². The van der Waals surface area contributed by atoms with Gasteiger partial charge < -0.3 is 0 Å². The smallest absolute Gasteiger partial charge is 0.250 e. The number of thioether (sulfide) groups is 1. The van der Waals surface area contributed by atoms with Gasteiger partial charge in [-0.1, -0.05) is 71.4 Å². The summed E-state index contributed by atoms with van der Waals surface area (Å²) in [6.45, 7) is 2.03. The van der Waals surface area contributed by atoms with Gasteiger partial charge in [-0.3, -0.25) is 9.36 Å². The van der Waals surface area contributed by atoms with Gasteiger partial charge in [-0.05, 0) is 48.9 Å². The first-order chi connectivity index (χ1) is 15.6. The zero-order valence-electron chi connectivity index (χ0n) is 17.3. The van der Waals surface area contributed by atoms with E-state index in [1.165, 1.54) is 11.8 Å². The number of rotatable bonds is 7. The van der Waals surface area contributed by atoms with Gasteiger partial charge in [0.05, 0.1) is 12.0 Å². The van der Waals surface area contributed by atoms with Crippen molar-refractivity contribution in [1.29, 1.82) is 0 Å². The van der Waals surface area contributed by atoms with Gasteiger partial charge in [0.1, 0.15) is 0 Å². The number of carbonyl (C=O) groups is 1. The van der Waals surface area contributed by atoms with Gasteiger partial charge in [-0.25, -0.2) is 5.43 Å². The quantitative estimate of drug-likeness (QED) is 0.235. The lowest BCUT2D eigenvalue weighted by atomic mass is 10.2. The van der Waals surface area contributed by atoms with E-state index < -0.39 is 0 Å². The average Bonchev–Trinajstić information content (AvgIpc) is 3.23. The second kappa shape index (κ2) is 10.3. The molecule has 0 radical (unpaired) electrons. The molecule has 160 valence electrons. The number of aromatic nitrogens is 3. The molecule has 0 fully saturated rings. The van der Waals surface area contributed by atoms with E-state index in [-0.39, 0.29) is 11.7 Å². The third-order valence-electron chi connectivity index (χ3n) is 4.56. The van der Waals surface area contributed by atoms with Crippen molar-refractivity contribution < 1.29 is 4.79 Å². The molecular weight excluding hydrogens is 442 g/mol. The van der Waals surface area contributed by atoms with Crippen molar-refractivity contribution in [2.45, 2.75) is 12.1 Å². The molecule has 0 aliphatic carbocycles. The zero-order valence-corrected chi connectivity index (χ0v) is 18.8. The van der Waals surface area contributed by atoms with E-state index in [2.05, 4.69) is 20.7 Å². The molecule has 8 heteroatoms. The highest BCUT2D eigenvalue weighted by atomic mass is 35.5. The number of carbonyl (C=O) groups excluding carboxylic acids is 1. The van der Waals surface area contributed by atoms with Crippen LogP contribution in [0.1, 0.15) is 11.1 Å². The molecule has 0 saturated heterocycles. The summed E-state index contributed by atoms with van der Waals surface area (Å²) in [7, 11) is 0. The molecule has 6 nitrogen and oxygen atoms in total. The SMILES string of the molecule is Cc1ccc(-n2c(SCC(=O)N/N=C/c3ccccc3)nnc2-c2ccc(Cl)cc2)cc1. The van der Waals surface area contributed by atoms with Crippen molar-refractivity contribution in [3.8, 4) is 17.1 Å². The number of nitrogens with zero attached hydrogens (tertiary/aromatic N) is 4. The Morgan fingerprint density at radius 3 is 2.47 bits per heavy atom. The van der Waals surface area contributed by atoms with Crippen molar-refractivity contribution in [2.24, 2.45) is 5.10 Å². The van der Waals surface area contributed by atoms with Gasteiger partial charge >= 0.3 is 0 Å². The van der Waals surface area contributed by atoms with Gasteiger partial charge in [0.15, 0.2) is 11.0 Å².